The third-order valence-electron chi connectivity index (χ3n) is 4.07. The highest BCUT2D eigenvalue weighted by Crippen LogP contribution is 2.39. The summed E-state index contributed by atoms with van der Waals surface area (Å²) in [6.07, 6.45) is 0.866. The van der Waals surface area contributed by atoms with Crippen LogP contribution in [-0.2, 0) is 4.74 Å². The van der Waals surface area contributed by atoms with Gasteiger partial charge in [0.2, 0.25) is 0 Å². The number of rotatable bonds is 6. The molecule has 2 aromatic rings. The standard InChI is InChI=1S/C21H25F2NO3S/c1-6-27-20(26)13-10-16(12(2)11-21(3,4)5)28-19(13)24-18(25)17-14(22)8-7-9-15(17)23/h7-10,12H,6,11H2,1-5H3,(H,24,25). The molecule has 1 unspecified atom stereocenters. The van der Waals surface area contributed by atoms with Crippen LogP contribution in [0.5, 0.6) is 0 Å². The zero-order valence-corrected chi connectivity index (χ0v) is 17.5. The maximum absolute atomic E-state index is 13.9. The van der Waals surface area contributed by atoms with Crippen LogP contribution < -0.4 is 5.32 Å². The smallest absolute Gasteiger partial charge is 0.341 e. The number of esters is 1. The Morgan fingerprint density at radius 2 is 1.82 bits per heavy atom. The van der Waals surface area contributed by atoms with Gasteiger partial charge in [0.25, 0.3) is 5.91 Å². The minimum Gasteiger partial charge on any atom is -0.462 e. The van der Waals surface area contributed by atoms with Gasteiger partial charge in [-0.3, -0.25) is 4.79 Å². The first-order valence-electron chi connectivity index (χ1n) is 9.09. The van der Waals surface area contributed by atoms with Gasteiger partial charge in [-0.25, -0.2) is 13.6 Å². The van der Waals surface area contributed by atoms with Gasteiger partial charge in [0, 0.05) is 4.88 Å². The van der Waals surface area contributed by atoms with E-state index in [1.54, 1.807) is 13.0 Å². The lowest BCUT2D eigenvalue weighted by Gasteiger charge is -2.22. The molecular weight excluding hydrogens is 384 g/mol. The third-order valence-corrected chi connectivity index (χ3v) is 5.35. The van der Waals surface area contributed by atoms with E-state index in [9.17, 15) is 18.4 Å². The SMILES string of the molecule is CCOC(=O)c1cc(C(C)CC(C)(C)C)sc1NC(=O)c1c(F)cccc1F. The van der Waals surface area contributed by atoms with E-state index in [0.717, 1.165) is 23.4 Å². The largest absolute Gasteiger partial charge is 0.462 e. The van der Waals surface area contributed by atoms with Crippen LogP contribution in [0.4, 0.5) is 13.8 Å². The summed E-state index contributed by atoms with van der Waals surface area (Å²) in [5, 5.41) is 2.71. The highest BCUT2D eigenvalue weighted by Gasteiger charge is 2.25. The first-order valence-corrected chi connectivity index (χ1v) is 9.91. The summed E-state index contributed by atoms with van der Waals surface area (Å²) in [5.41, 5.74) is -0.421. The van der Waals surface area contributed by atoms with E-state index in [4.69, 9.17) is 4.74 Å². The molecule has 0 aliphatic heterocycles. The highest BCUT2D eigenvalue weighted by molar-refractivity contribution is 7.16. The summed E-state index contributed by atoms with van der Waals surface area (Å²) in [6.45, 7) is 10.2. The van der Waals surface area contributed by atoms with Crippen molar-refractivity contribution in [3.05, 3.63) is 51.9 Å². The molecule has 1 atom stereocenters. The van der Waals surface area contributed by atoms with Crippen molar-refractivity contribution >= 4 is 28.2 Å². The predicted octanol–water partition coefficient (Wildman–Crippen LogP) is 6.00. The Morgan fingerprint density at radius 3 is 2.36 bits per heavy atom. The van der Waals surface area contributed by atoms with Crippen LogP contribution in [0, 0.1) is 17.0 Å². The number of hydrogen-bond acceptors (Lipinski definition) is 4. The Morgan fingerprint density at radius 1 is 1.21 bits per heavy atom. The van der Waals surface area contributed by atoms with Gasteiger partial charge in [0.05, 0.1) is 12.2 Å². The molecule has 1 amide bonds. The molecule has 0 fully saturated rings. The molecule has 0 aliphatic carbocycles. The van der Waals surface area contributed by atoms with Crippen molar-refractivity contribution in [1.82, 2.24) is 0 Å². The maximum Gasteiger partial charge on any atom is 0.341 e. The van der Waals surface area contributed by atoms with Crippen molar-refractivity contribution in [3.8, 4) is 0 Å². The van der Waals surface area contributed by atoms with Gasteiger partial charge in [-0.05, 0) is 42.9 Å². The fourth-order valence-corrected chi connectivity index (χ4v) is 4.10. The lowest BCUT2D eigenvalue weighted by atomic mass is 9.85. The van der Waals surface area contributed by atoms with Crippen molar-refractivity contribution in [2.24, 2.45) is 5.41 Å². The molecule has 0 aliphatic rings. The molecule has 7 heteroatoms. The van der Waals surface area contributed by atoms with Crippen LogP contribution in [0.3, 0.4) is 0 Å². The van der Waals surface area contributed by atoms with Crippen LogP contribution in [0.25, 0.3) is 0 Å². The van der Waals surface area contributed by atoms with E-state index in [2.05, 4.69) is 26.1 Å². The Labute approximate surface area is 167 Å². The summed E-state index contributed by atoms with van der Waals surface area (Å²) in [6, 6.07) is 4.89. The lowest BCUT2D eigenvalue weighted by Crippen LogP contribution is -2.17. The number of nitrogens with one attached hydrogen (secondary N) is 1. The number of carbonyl (C=O) groups excluding carboxylic acids is 2. The topological polar surface area (TPSA) is 55.4 Å². The second-order valence-electron chi connectivity index (χ2n) is 7.83. The van der Waals surface area contributed by atoms with Crippen molar-refractivity contribution in [3.63, 3.8) is 0 Å². The molecule has 28 heavy (non-hydrogen) atoms. The number of anilines is 1. The number of amides is 1. The monoisotopic (exact) mass is 409 g/mol. The third kappa shape index (κ3) is 5.38. The van der Waals surface area contributed by atoms with E-state index >= 15 is 0 Å². The number of halogens is 2. The summed E-state index contributed by atoms with van der Waals surface area (Å²) < 4.78 is 32.9. The number of benzene rings is 1. The molecule has 1 aromatic heterocycles. The Hall–Kier alpha value is -2.28. The molecule has 152 valence electrons. The Balaban J connectivity index is 2.38. The molecule has 2 rings (SSSR count). The summed E-state index contributed by atoms with van der Waals surface area (Å²) in [4.78, 5) is 25.7. The molecule has 0 saturated carbocycles. The van der Waals surface area contributed by atoms with Crippen LogP contribution in [0.15, 0.2) is 24.3 Å². The van der Waals surface area contributed by atoms with Crippen molar-refractivity contribution in [2.75, 3.05) is 11.9 Å². The first-order chi connectivity index (χ1) is 13.0. The minimum atomic E-state index is -0.965. The number of hydrogen-bond donors (Lipinski definition) is 1. The van der Waals surface area contributed by atoms with E-state index < -0.39 is 29.1 Å². The average molecular weight is 409 g/mol. The van der Waals surface area contributed by atoms with E-state index in [1.807, 2.05) is 6.92 Å². The van der Waals surface area contributed by atoms with Gasteiger partial charge >= 0.3 is 5.97 Å². The van der Waals surface area contributed by atoms with Gasteiger partial charge in [0.15, 0.2) is 0 Å². The molecule has 1 aromatic carbocycles. The molecular formula is C21H25F2NO3S. The van der Waals surface area contributed by atoms with Crippen molar-refractivity contribution in [1.29, 1.82) is 0 Å². The summed E-state index contributed by atoms with van der Waals surface area (Å²) in [7, 11) is 0. The molecule has 0 spiro atoms. The molecule has 0 radical (unpaired) electrons. The molecule has 1 heterocycles. The first kappa shape index (κ1) is 22.0. The second kappa shape index (κ2) is 8.82. The van der Waals surface area contributed by atoms with Gasteiger partial charge in [0.1, 0.15) is 22.2 Å². The maximum atomic E-state index is 13.9. The fourth-order valence-electron chi connectivity index (χ4n) is 3.01. The Bertz CT molecular complexity index is 851. The van der Waals surface area contributed by atoms with Crippen LogP contribution >= 0.6 is 11.3 Å². The van der Waals surface area contributed by atoms with Crippen LogP contribution in [-0.4, -0.2) is 18.5 Å². The number of ether oxygens (including phenoxy) is 1. The Kier molecular flexibility index (Phi) is 6.93. The molecule has 4 nitrogen and oxygen atoms in total. The van der Waals surface area contributed by atoms with E-state index in [1.165, 1.54) is 17.4 Å². The lowest BCUT2D eigenvalue weighted by molar-refractivity contribution is 0.0528. The predicted molar refractivity (Wildman–Crippen MR) is 107 cm³/mol. The van der Waals surface area contributed by atoms with Gasteiger partial charge in [-0.15, -0.1) is 11.3 Å². The van der Waals surface area contributed by atoms with Crippen LogP contribution in [0.1, 0.15) is 72.6 Å². The van der Waals surface area contributed by atoms with Gasteiger partial charge in [-0.2, -0.15) is 0 Å². The zero-order chi connectivity index (χ0) is 21.1. The molecule has 0 saturated heterocycles. The summed E-state index contributed by atoms with van der Waals surface area (Å²) >= 11 is 1.22. The van der Waals surface area contributed by atoms with Crippen LogP contribution in [0.2, 0.25) is 0 Å². The second-order valence-corrected chi connectivity index (χ2v) is 8.91. The average Bonchev–Trinajstić information content (AvgIpc) is 2.97. The molecule has 1 N–H and O–H groups in total. The van der Waals surface area contributed by atoms with Crippen molar-refractivity contribution < 1.29 is 23.1 Å². The number of thiophene rings is 1. The highest BCUT2D eigenvalue weighted by atomic mass is 32.1. The quantitative estimate of drug-likeness (QED) is 0.596. The number of carbonyl (C=O) groups is 2. The minimum absolute atomic E-state index is 0.0766. The fraction of sp³-hybridized carbons (Fsp3) is 0.429. The van der Waals surface area contributed by atoms with E-state index in [0.29, 0.717) is 0 Å². The van der Waals surface area contributed by atoms with E-state index in [-0.39, 0.29) is 28.5 Å². The summed E-state index contributed by atoms with van der Waals surface area (Å²) in [5.74, 6) is -3.33. The van der Waals surface area contributed by atoms with Gasteiger partial charge < -0.3 is 10.1 Å². The molecule has 0 bridgehead atoms. The zero-order valence-electron chi connectivity index (χ0n) is 16.7. The van der Waals surface area contributed by atoms with Crippen molar-refractivity contribution in [2.45, 2.75) is 47.0 Å². The normalized spacial score (nSPS) is 12.5. The van der Waals surface area contributed by atoms with Gasteiger partial charge in [-0.1, -0.05) is 33.8 Å².